The Balaban J connectivity index is 1.57. The normalized spacial score (nSPS) is 19.0. The SMILES string of the molecule is CC(C)(C)OC(=O)NCCC(=O)N1CCC(CNC(=O)/C=C/C2CCCCC2)CC1. The van der Waals surface area contributed by atoms with Gasteiger partial charge in [-0.2, -0.15) is 0 Å². The molecule has 2 rings (SSSR count). The lowest BCUT2D eigenvalue weighted by atomic mass is 9.89. The third-order valence-electron chi connectivity index (χ3n) is 5.71. The van der Waals surface area contributed by atoms with Gasteiger partial charge in [-0.1, -0.05) is 25.3 Å². The predicted molar refractivity (Wildman–Crippen MR) is 117 cm³/mol. The molecule has 0 aromatic carbocycles. The van der Waals surface area contributed by atoms with E-state index in [2.05, 4.69) is 16.7 Å². The maximum Gasteiger partial charge on any atom is 0.407 e. The number of amides is 3. The van der Waals surface area contributed by atoms with Gasteiger partial charge >= 0.3 is 6.09 Å². The second kappa shape index (κ2) is 12.0. The molecule has 170 valence electrons. The van der Waals surface area contributed by atoms with Gasteiger partial charge in [0, 0.05) is 32.6 Å². The fourth-order valence-electron chi connectivity index (χ4n) is 3.98. The highest BCUT2D eigenvalue weighted by molar-refractivity contribution is 5.87. The van der Waals surface area contributed by atoms with Crippen LogP contribution in [0.4, 0.5) is 4.79 Å². The maximum absolute atomic E-state index is 12.3. The first-order chi connectivity index (χ1) is 14.2. The molecule has 1 aliphatic heterocycles. The topological polar surface area (TPSA) is 87.7 Å². The summed E-state index contributed by atoms with van der Waals surface area (Å²) in [5.74, 6) is 1.00. The van der Waals surface area contributed by atoms with E-state index < -0.39 is 11.7 Å². The monoisotopic (exact) mass is 421 g/mol. The second-order valence-corrected chi connectivity index (χ2v) is 9.51. The zero-order valence-corrected chi connectivity index (χ0v) is 18.9. The summed E-state index contributed by atoms with van der Waals surface area (Å²) in [5.41, 5.74) is -0.545. The first-order valence-corrected chi connectivity index (χ1v) is 11.4. The molecule has 2 fully saturated rings. The minimum atomic E-state index is -0.545. The van der Waals surface area contributed by atoms with Crippen molar-refractivity contribution >= 4 is 17.9 Å². The number of carbonyl (C=O) groups is 3. The molecule has 1 saturated heterocycles. The molecule has 0 spiro atoms. The number of nitrogens with one attached hydrogen (secondary N) is 2. The minimum Gasteiger partial charge on any atom is -0.444 e. The second-order valence-electron chi connectivity index (χ2n) is 9.51. The summed E-state index contributed by atoms with van der Waals surface area (Å²) < 4.78 is 5.16. The summed E-state index contributed by atoms with van der Waals surface area (Å²) in [6.45, 7) is 7.74. The molecule has 1 aliphatic carbocycles. The van der Waals surface area contributed by atoms with E-state index in [-0.39, 0.29) is 24.8 Å². The minimum absolute atomic E-state index is 0.00713. The van der Waals surface area contributed by atoms with E-state index in [0.717, 1.165) is 12.8 Å². The molecular weight excluding hydrogens is 382 g/mol. The quantitative estimate of drug-likeness (QED) is 0.617. The van der Waals surface area contributed by atoms with Crippen LogP contribution in [-0.2, 0) is 14.3 Å². The molecule has 2 aliphatic rings. The first kappa shape index (κ1) is 24.2. The van der Waals surface area contributed by atoms with Gasteiger partial charge in [0.05, 0.1) is 0 Å². The van der Waals surface area contributed by atoms with Crippen LogP contribution in [0, 0.1) is 11.8 Å². The number of ether oxygens (including phenoxy) is 1. The molecule has 0 atom stereocenters. The molecule has 1 saturated carbocycles. The Hall–Kier alpha value is -2.05. The van der Waals surface area contributed by atoms with Crippen LogP contribution in [0.15, 0.2) is 12.2 Å². The molecule has 7 nitrogen and oxygen atoms in total. The molecule has 0 unspecified atom stereocenters. The van der Waals surface area contributed by atoms with Crippen LogP contribution in [-0.4, -0.2) is 54.6 Å². The van der Waals surface area contributed by atoms with Gasteiger partial charge in [-0.25, -0.2) is 4.79 Å². The molecule has 0 radical (unpaired) electrons. The standard InChI is InChI=1S/C23H39N3O4/c1-23(2,3)30-22(29)24-14-11-21(28)26-15-12-19(13-16-26)17-25-20(27)10-9-18-7-5-4-6-8-18/h9-10,18-19H,4-8,11-17H2,1-3H3,(H,24,29)(H,25,27)/b10-9+. The summed E-state index contributed by atoms with van der Waals surface area (Å²) >= 11 is 0. The van der Waals surface area contributed by atoms with Crippen molar-refractivity contribution in [1.82, 2.24) is 15.5 Å². The number of carbonyl (C=O) groups excluding carboxylic acids is 3. The van der Waals surface area contributed by atoms with Crippen molar-refractivity contribution in [1.29, 1.82) is 0 Å². The Morgan fingerprint density at radius 2 is 1.67 bits per heavy atom. The number of hydrogen-bond acceptors (Lipinski definition) is 4. The zero-order chi connectivity index (χ0) is 22.0. The number of hydrogen-bond donors (Lipinski definition) is 2. The van der Waals surface area contributed by atoms with Crippen LogP contribution in [0.1, 0.15) is 72.1 Å². The maximum atomic E-state index is 12.3. The zero-order valence-electron chi connectivity index (χ0n) is 18.9. The third-order valence-corrected chi connectivity index (χ3v) is 5.71. The van der Waals surface area contributed by atoms with Crippen LogP contribution >= 0.6 is 0 Å². The van der Waals surface area contributed by atoms with Crippen molar-refractivity contribution in [2.24, 2.45) is 11.8 Å². The number of nitrogens with zero attached hydrogens (tertiary/aromatic N) is 1. The van der Waals surface area contributed by atoms with Gasteiger partial charge in [0.25, 0.3) is 0 Å². The van der Waals surface area contributed by atoms with Crippen LogP contribution in [0.2, 0.25) is 0 Å². The van der Waals surface area contributed by atoms with Gasteiger partial charge in [0.2, 0.25) is 11.8 Å². The lowest BCUT2D eigenvalue weighted by molar-refractivity contribution is -0.132. The fourth-order valence-corrected chi connectivity index (χ4v) is 3.98. The Morgan fingerprint density at radius 3 is 2.30 bits per heavy atom. The Kier molecular flexibility index (Phi) is 9.66. The summed E-state index contributed by atoms with van der Waals surface area (Å²) in [4.78, 5) is 37.9. The third kappa shape index (κ3) is 9.63. The van der Waals surface area contributed by atoms with Crippen LogP contribution in [0.5, 0.6) is 0 Å². The lowest BCUT2D eigenvalue weighted by Crippen LogP contribution is -2.42. The van der Waals surface area contributed by atoms with Crippen LogP contribution in [0.25, 0.3) is 0 Å². The molecule has 0 aromatic rings. The highest BCUT2D eigenvalue weighted by Crippen LogP contribution is 2.24. The van der Waals surface area contributed by atoms with Crippen LogP contribution < -0.4 is 10.6 Å². The number of allylic oxidation sites excluding steroid dienone is 1. The van der Waals surface area contributed by atoms with Crippen molar-refractivity contribution in [3.8, 4) is 0 Å². The summed E-state index contributed by atoms with van der Waals surface area (Å²) in [6, 6.07) is 0. The van der Waals surface area contributed by atoms with Crippen molar-refractivity contribution in [2.75, 3.05) is 26.2 Å². The van der Waals surface area contributed by atoms with E-state index in [0.29, 0.717) is 31.5 Å². The van der Waals surface area contributed by atoms with E-state index in [1.165, 1.54) is 32.1 Å². The van der Waals surface area contributed by atoms with E-state index in [4.69, 9.17) is 4.74 Å². The van der Waals surface area contributed by atoms with Gasteiger partial charge in [0.15, 0.2) is 0 Å². The highest BCUT2D eigenvalue weighted by atomic mass is 16.6. The molecule has 30 heavy (non-hydrogen) atoms. The summed E-state index contributed by atoms with van der Waals surface area (Å²) in [7, 11) is 0. The molecule has 3 amide bonds. The van der Waals surface area contributed by atoms with Crippen molar-refractivity contribution in [3.63, 3.8) is 0 Å². The summed E-state index contributed by atoms with van der Waals surface area (Å²) in [5, 5.41) is 5.63. The highest BCUT2D eigenvalue weighted by Gasteiger charge is 2.23. The molecule has 2 N–H and O–H groups in total. The Bertz CT molecular complexity index is 598. The average Bonchev–Trinajstić information content (AvgIpc) is 2.70. The largest absolute Gasteiger partial charge is 0.444 e. The van der Waals surface area contributed by atoms with Gasteiger partial charge in [0.1, 0.15) is 5.60 Å². The van der Waals surface area contributed by atoms with Gasteiger partial charge < -0.3 is 20.3 Å². The number of rotatable bonds is 7. The molecule has 7 heteroatoms. The lowest BCUT2D eigenvalue weighted by Gasteiger charge is -2.32. The number of piperidine rings is 1. The van der Waals surface area contributed by atoms with Crippen molar-refractivity contribution in [3.05, 3.63) is 12.2 Å². The van der Waals surface area contributed by atoms with Gasteiger partial charge in [-0.3, -0.25) is 9.59 Å². The number of likely N-dealkylation sites (tertiary alicyclic amines) is 1. The fraction of sp³-hybridized carbons (Fsp3) is 0.783. The molecule has 0 aromatic heterocycles. The Morgan fingerprint density at radius 1 is 1.00 bits per heavy atom. The number of alkyl carbamates (subject to hydrolysis) is 1. The van der Waals surface area contributed by atoms with E-state index in [1.807, 2.05) is 4.90 Å². The van der Waals surface area contributed by atoms with E-state index in [1.54, 1.807) is 26.8 Å². The van der Waals surface area contributed by atoms with E-state index in [9.17, 15) is 14.4 Å². The van der Waals surface area contributed by atoms with Crippen molar-refractivity contribution in [2.45, 2.75) is 77.7 Å². The van der Waals surface area contributed by atoms with Crippen LogP contribution in [0.3, 0.4) is 0 Å². The van der Waals surface area contributed by atoms with E-state index >= 15 is 0 Å². The predicted octanol–water partition coefficient (Wildman–Crippen LogP) is 3.39. The smallest absolute Gasteiger partial charge is 0.407 e. The molecule has 1 heterocycles. The molecular formula is C23H39N3O4. The van der Waals surface area contributed by atoms with Gasteiger partial charge in [-0.15, -0.1) is 0 Å². The Labute approximate surface area is 181 Å². The summed E-state index contributed by atoms with van der Waals surface area (Å²) in [6.07, 6.45) is 11.6. The van der Waals surface area contributed by atoms with Gasteiger partial charge in [-0.05, 0) is 64.4 Å². The molecule has 0 bridgehead atoms. The van der Waals surface area contributed by atoms with Crippen molar-refractivity contribution < 1.29 is 19.1 Å². The average molecular weight is 422 g/mol. The first-order valence-electron chi connectivity index (χ1n) is 11.4.